The normalized spacial score (nSPS) is 14.1. The number of hydrogen-bond donors (Lipinski definition) is 1. The first-order valence-electron chi connectivity index (χ1n) is 6.24. The van der Waals surface area contributed by atoms with E-state index in [-0.39, 0.29) is 17.9 Å². The molecule has 1 unspecified atom stereocenters. The van der Waals surface area contributed by atoms with Crippen molar-refractivity contribution in [3.63, 3.8) is 0 Å². The minimum absolute atomic E-state index is 0.00877. The number of benzene rings is 2. The summed E-state index contributed by atoms with van der Waals surface area (Å²) in [5.74, 6) is -1.65. The highest BCUT2D eigenvalue weighted by Crippen LogP contribution is 2.30. The van der Waals surface area contributed by atoms with E-state index in [4.69, 9.17) is 11.6 Å². The molecule has 0 spiro atoms. The van der Waals surface area contributed by atoms with Crippen molar-refractivity contribution in [2.45, 2.75) is 18.9 Å². The Morgan fingerprint density at radius 3 is 2.30 bits per heavy atom. The first-order chi connectivity index (χ1) is 9.44. The van der Waals surface area contributed by atoms with E-state index < -0.39 is 17.2 Å². The third-order valence-electron chi connectivity index (χ3n) is 3.27. The first-order valence-corrected chi connectivity index (χ1v) is 6.77. The molecule has 0 aliphatic rings. The molecular weight excluding hydrogens is 282 g/mol. The molecule has 4 heteroatoms. The van der Waals surface area contributed by atoms with Crippen LogP contribution in [0.5, 0.6) is 0 Å². The second kappa shape index (κ2) is 5.90. The lowest BCUT2D eigenvalue weighted by atomic mass is 9.88. The highest BCUT2D eigenvalue weighted by molar-refractivity contribution is 6.18. The molecule has 2 aromatic rings. The van der Waals surface area contributed by atoms with Crippen LogP contribution in [0.4, 0.5) is 8.78 Å². The largest absolute Gasteiger partial charge is 0.383 e. The number of halogens is 3. The third kappa shape index (κ3) is 3.17. The molecule has 2 aromatic carbocycles. The maximum atomic E-state index is 13.8. The SMILES string of the molecule is Cc1ccc(CC(O)(CCl)c2ccc(F)cc2F)cc1. The van der Waals surface area contributed by atoms with E-state index in [0.717, 1.165) is 23.3 Å². The molecule has 0 saturated heterocycles. The summed E-state index contributed by atoms with van der Waals surface area (Å²) in [7, 11) is 0. The third-order valence-corrected chi connectivity index (χ3v) is 3.71. The summed E-state index contributed by atoms with van der Waals surface area (Å²) >= 11 is 5.83. The van der Waals surface area contributed by atoms with E-state index in [2.05, 4.69) is 0 Å². The fourth-order valence-electron chi connectivity index (χ4n) is 2.12. The van der Waals surface area contributed by atoms with E-state index in [9.17, 15) is 13.9 Å². The fourth-order valence-corrected chi connectivity index (χ4v) is 2.36. The molecule has 20 heavy (non-hydrogen) atoms. The minimum Gasteiger partial charge on any atom is -0.383 e. The van der Waals surface area contributed by atoms with Crippen molar-refractivity contribution in [1.82, 2.24) is 0 Å². The highest BCUT2D eigenvalue weighted by Gasteiger charge is 2.31. The zero-order chi connectivity index (χ0) is 14.8. The molecule has 106 valence electrons. The fraction of sp³-hybridized carbons (Fsp3) is 0.250. The summed E-state index contributed by atoms with van der Waals surface area (Å²) in [6.45, 7) is 1.96. The summed E-state index contributed by atoms with van der Waals surface area (Å²) in [4.78, 5) is 0. The minimum atomic E-state index is -1.56. The molecule has 0 aromatic heterocycles. The Balaban J connectivity index is 2.35. The van der Waals surface area contributed by atoms with Crippen molar-refractivity contribution in [3.05, 3.63) is 70.8 Å². The van der Waals surface area contributed by atoms with Gasteiger partial charge < -0.3 is 5.11 Å². The predicted molar refractivity (Wildman–Crippen MR) is 75.9 cm³/mol. The van der Waals surface area contributed by atoms with Crippen LogP contribution in [-0.4, -0.2) is 11.0 Å². The smallest absolute Gasteiger partial charge is 0.132 e. The molecule has 1 nitrogen and oxygen atoms in total. The summed E-state index contributed by atoms with van der Waals surface area (Å²) < 4.78 is 26.8. The van der Waals surface area contributed by atoms with E-state index in [1.165, 1.54) is 6.07 Å². The molecule has 1 N–H and O–H groups in total. The second-order valence-electron chi connectivity index (χ2n) is 4.95. The van der Waals surface area contributed by atoms with Gasteiger partial charge in [-0.15, -0.1) is 11.6 Å². The monoisotopic (exact) mass is 296 g/mol. The van der Waals surface area contributed by atoms with Gasteiger partial charge in [0.15, 0.2) is 0 Å². The molecule has 0 aliphatic carbocycles. The molecule has 2 rings (SSSR count). The Labute approximate surface area is 121 Å². The zero-order valence-electron chi connectivity index (χ0n) is 11.0. The summed E-state index contributed by atoms with van der Waals surface area (Å²) in [6.07, 6.45) is 0.166. The maximum Gasteiger partial charge on any atom is 0.132 e. The molecular formula is C16H15ClF2O. The topological polar surface area (TPSA) is 20.2 Å². The summed E-state index contributed by atoms with van der Waals surface area (Å²) in [5.41, 5.74) is 0.377. The lowest BCUT2D eigenvalue weighted by molar-refractivity contribution is 0.0575. The van der Waals surface area contributed by atoms with Crippen molar-refractivity contribution < 1.29 is 13.9 Å². The van der Waals surface area contributed by atoms with Gasteiger partial charge >= 0.3 is 0 Å². The number of aryl methyl sites for hydroxylation is 1. The molecule has 0 saturated carbocycles. The Kier molecular flexibility index (Phi) is 4.41. The number of aliphatic hydroxyl groups is 1. The number of hydrogen-bond acceptors (Lipinski definition) is 1. The average Bonchev–Trinajstić information content (AvgIpc) is 2.41. The van der Waals surface area contributed by atoms with Crippen molar-refractivity contribution in [2.24, 2.45) is 0 Å². The lowest BCUT2D eigenvalue weighted by Crippen LogP contribution is -2.32. The van der Waals surface area contributed by atoms with Gasteiger partial charge in [0.2, 0.25) is 0 Å². The maximum absolute atomic E-state index is 13.8. The van der Waals surface area contributed by atoms with Gasteiger partial charge in [-0.25, -0.2) is 8.78 Å². The van der Waals surface area contributed by atoms with Gasteiger partial charge in [-0.05, 0) is 18.6 Å². The quantitative estimate of drug-likeness (QED) is 0.847. The van der Waals surface area contributed by atoms with Crippen LogP contribution >= 0.6 is 11.6 Å². The first kappa shape index (κ1) is 14.9. The number of rotatable bonds is 4. The van der Waals surface area contributed by atoms with Crippen LogP contribution in [0.1, 0.15) is 16.7 Å². The van der Waals surface area contributed by atoms with Gasteiger partial charge in [-0.1, -0.05) is 35.9 Å². The Hall–Kier alpha value is -1.45. The Morgan fingerprint density at radius 2 is 1.75 bits per heavy atom. The highest BCUT2D eigenvalue weighted by atomic mass is 35.5. The van der Waals surface area contributed by atoms with Crippen molar-refractivity contribution in [1.29, 1.82) is 0 Å². The van der Waals surface area contributed by atoms with Gasteiger partial charge in [0.05, 0.1) is 5.88 Å². The average molecular weight is 297 g/mol. The Bertz CT molecular complexity index is 598. The molecule has 1 atom stereocenters. The van der Waals surface area contributed by atoms with Gasteiger partial charge in [-0.2, -0.15) is 0 Å². The van der Waals surface area contributed by atoms with Crippen LogP contribution in [0.25, 0.3) is 0 Å². The summed E-state index contributed by atoms with van der Waals surface area (Å²) in [5, 5.41) is 10.6. The van der Waals surface area contributed by atoms with Gasteiger partial charge in [0, 0.05) is 18.1 Å². The molecule has 0 aliphatic heterocycles. The number of alkyl halides is 1. The van der Waals surface area contributed by atoms with Crippen molar-refractivity contribution in [3.8, 4) is 0 Å². The van der Waals surface area contributed by atoms with Crippen LogP contribution in [0.2, 0.25) is 0 Å². The van der Waals surface area contributed by atoms with Crippen LogP contribution in [0.15, 0.2) is 42.5 Å². The van der Waals surface area contributed by atoms with Crippen LogP contribution in [0.3, 0.4) is 0 Å². The van der Waals surface area contributed by atoms with E-state index in [1.54, 1.807) is 0 Å². The van der Waals surface area contributed by atoms with E-state index >= 15 is 0 Å². The van der Waals surface area contributed by atoms with Gasteiger partial charge in [0.25, 0.3) is 0 Å². The van der Waals surface area contributed by atoms with Gasteiger partial charge in [-0.3, -0.25) is 0 Å². The molecule has 0 heterocycles. The van der Waals surface area contributed by atoms with Crippen LogP contribution in [0, 0.1) is 18.6 Å². The molecule has 0 amide bonds. The Morgan fingerprint density at radius 1 is 1.10 bits per heavy atom. The molecule has 0 fully saturated rings. The zero-order valence-corrected chi connectivity index (χ0v) is 11.8. The van der Waals surface area contributed by atoms with Crippen LogP contribution in [-0.2, 0) is 12.0 Å². The van der Waals surface area contributed by atoms with Crippen LogP contribution < -0.4 is 0 Å². The summed E-state index contributed by atoms with van der Waals surface area (Å²) in [6, 6.07) is 10.6. The van der Waals surface area contributed by atoms with Gasteiger partial charge in [0.1, 0.15) is 17.2 Å². The molecule has 0 radical (unpaired) electrons. The lowest BCUT2D eigenvalue weighted by Gasteiger charge is -2.27. The van der Waals surface area contributed by atoms with E-state index in [0.29, 0.717) is 0 Å². The molecule has 0 bridgehead atoms. The van der Waals surface area contributed by atoms with Crippen molar-refractivity contribution in [2.75, 3.05) is 5.88 Å². The predicted octanol–water partition coefficient (Wildman–Crippen LogP) is 3.94. The second-order valence-corrected chi connectivity index (χ2v) is 5.22. The van der Waals surface area contributed by atoms with E-state index in [1.807, 2.05) is 31.2 Å². The van der Waals surface area contributed by atoms with Crippen molar-refractivity contribution >= 4 is 11.6 Å². The standard InChI is InChI=1S/C16H15ClF2O/c1-11-2-4-12(5-3-11)9-16(20,10-17)14-7-6-13(18)8-15(14)19/h2-8,20H,9-10H2,1H3.